The Labute approximate surface area is 149 Å². The Morgan fingerprint density at radius 3 is 2.54 bits per heavy atom. The molecule has 2 rings (SSSR count). The standard InChI is InChI=1S/C15H15N3O3S3/c1-2-9-16-24(20,21)12-7-5-11(6-8-12)17-15(22)18-14(19)13-4-3-10-23-13/h2-8,10,16H,1,9H2,(H2,17,18,19,22). The van der Waals surface area contributed by atoms with Crippen molar-refractivity contribution in [2.75, 3.05) is 11.9 Å². The normalized spacial score (nSPS) is 10.8. The van der Waals surface area contributed by atoms with Gasteiger partial charge in [0.15, 0.2) is 5.11 Å². The summed E-state index contributed by atoms with van der Waals surface area (Å²) < 4.78 is 26.3. The number of nitrogens with one attached hydrogen (secondary N) is 3. The molecule has 0 unspecified atom stereocenters. The molecule has 126 valence electrons. The van der Waals surface area contributed by atoms with Crippen LogP contribution in [0.25, 0.3) is 0 Å². The van der Waals surface area contributed by atoms with Crippen LogP contribution in [-0.4, -0.2) is 26.0 Å². The zero-order valence-electron chi connectivity index (χ0n) is 12.5. The molecule has 1 aromatic carbocycles. The number of hydrogen-bond acceptors (Lipinski definition) is 5. The van der Waals surface area contributed by atoms with E-state index in [1.54, 1.807) is 29.6 Å². The third-order valence-corrected chi connectivity index (χ3v) is 5.32. The number of thiophene rings is 1. The van der Waals surface area contributed by atoms with Crippen molar-refractivity contribution >= 4 is 50.3 Å². The van der Waals surface area contributed by atoms with Crippen molar-refractivity contribution < 1.29 is 13.2 Å². The fourth-order valence-electron chi connectivity index (χ4n) is 1.70. The van der Waals surface area contributed by atoms with E-state index in [9.17, 15) is 13.2 Å². The number of thiocarbonyl (C=S) groups is 1. The summed E-state index contributed by atoms with van der Waals surface area (Å²) in [6.07, 6.45) is 1.46. The first-order chi connectivity index (χ1) is 11.4. The number of amides is 1. The SMILES string of the molecule is C=CCNS(=O)(=O)c1ccc(NC(=S)NC(=O)c2cccs2)cc1. The Morgan fingerprint density at radius 1 is 1.25 bits per heavy atom. The molecule has 1 aromatic heterocycles. The van der Waals surface area contributed by atoms with Crippen LogP contribution in [0.3, 0.4) is 0 Å². The Balaban J connectivity index is 1.97. The molecule has 1 amide bonds. The molecule has 2 aromatic rings. The lowest BCUT2D eigenvalue weighted by atomic mass is 10.3. The molecule has 6 nitrogen and oxygen atoms in total. The summed E-state index contributed by atoms with van der Waals surface area (Å²) in [6.45, 7) is 3.62. The minimum Gasteiger partial charge on any atom is -0.332 e. The zero-order chi connectivity index (χ0) is 17.6. The second kappa shape index (κ2) is 8.15. The Kier molecular flexibility index (Phi) is 6.21. The van der Waals surface area contributed by atoms with E-state index in [2.05, 4.69) is 21.9 Å². The molecule has 0 saturated heterocycles. The molecule has 0 aliphatic heterocycles. The third-order valence-electron chi connectivity index (χ3n) is 2.81. The average molecular weight is 382 g/mol. The van der Waals surface area contributed by atoms with Crippen molar-refractivity contribution in [2.45, 2.75) is 4.90 Å². The predicted molar refractivity (Wildman–Crippen MR) is 99.8 cm³/mol. The lowest BCUT2D eigenvalue weighted by Gasteiger charge is -2.10. The molecular formula is C15H15N3O3S3. The highest BCUT2D eigenvalue weighted by Gasteiger charge is 2.13. The lowest BCUT2D eigenvalue weighted by molar-refractivity contribution is 0.0981. The molecule has 0 aliphatic carbocycles. The fraction of sp³-hybridized carbons (Fsp3) is 0.0667. The van der Waals surface area contributed by atoms with E-state index in [1.807, 2.05) is 0 Å². The fourth-order valence-corrected chi connectivity index (χ4v) is 3.53. The van der Waals surface area contributed by atoms with Gasteiger partial charge in [-0.15, -0.1) is 17.9 Å². The molecular weight excluding hydrogens is 366 g/mol. The first-order valence-electron chi connectivity index (χ1n) is 6.79. The van der Waals surface area contributed by atoms with Gasteiger partial charge in [-0.2, -0.15) is 0 Å². The molecule has 0 spiro atoms. The molecule has 0 fully saturated rings. The third kappa shape index (κ3) is 4.96. The molecule has 9 heteroatoms. The quantitative estimate of drug-likeness (QED) is 0.528. The summed E-state index contributed by atoms with van der Waals surface area (Å²) in [6, 6.07) is 9.47. The van der Waals surface area contributed by atoms with Crippen molar-refractivity contribution in [3.63, 3.8) is 0 Å². The van der Waals surface area contributed by atoms with E-state index in [1.165, 1.54) is 29.5 Å². The van der Waals surface area contributed by atoms with Gasteiger partial charge in [0.25, 0.3) is 5.91 Å². The van der Waals surface area contributed by atoms with Crippen molar-refractivity contribution in [3.8, 4) is 0 Å². The van der Waals surface area contributed by atoms with Crippen molar-refractivity contribution in [1.29, 1.82) is 0 Å². The summed E-state index contributed by atoms with van der Waals surface area (Å²) >= 11 is 6.38. The van der Waals surface area contributed by atoms with E-state index >= 15 is 0 Å². The number of hydrogen-bond donors (Lipinski definition) is 3. The second-order valence-electron chi connectivity index (χ2n) is 4.55. The average Bonchev–Trinajstić information content (AvgIpc) is 3.08. The number of rotatable bonds is 6. The smallest absolute Gasteiger partial charge is 0.267 e. The van der Waals surface area contributed by atoms with Crippen LogP contribution >= 0.6 is 23.6 Å². The summed E-state index contributed by atoms with van der Waals surface area (Å²) in [5, 5.41) is 7.31. The van der Waals surface area contributed by atoms with Crippen molar-refractivity contribution in [1.82, 2.24) is 10.0 Å². The zero-order valence-corrected chi connectivity index (χ0v) is 14.9. The topological polar surface area (TPSA) is 87.3 Å². The highest BCUT2D eigenvalue weighted by molar-refractivity contribution is 7.89. The minimum absolute atomic E-state index is 0.128. The van der Waals surface area contributed by atoms with E-state index in [0.717, 1.165) is 0 Å². The lowest BCUT2D eigenvalue weighted by Crippen LogP contribution is -2.33. The van der Waals surface area contributed by atoms with E-state index < -0.39 is 10.0 Å². The molecule has 0 radical (unpaired) electrons. The van der Waals surface area contributed by atoms with Crippen LogP contribution in [0.1, 0.15) is 9.67 Å². The number of sulfonamides is 1. The van der Waals surface area contributed by atoms with Gasteiger partial charge < -0.3 is 5.32 Å². The van der Waals surface area contributed by atoms with Gasteiger partial charge in [-0.1, -0.05) is 12.1 Å². The number of carbonyl (C=O) groups excluding carboxylic acids is 1. The van der Waals surface area contributed by atoms with Gasteiger partial charge >= 0.3 is 0 Å². The monoisotopic (exact) mass is 381 g/mol. The molecule has 0 aliphatic rings. The summed E-state index contributed by atoms with van der Waals surface area (Å²) in [4.78, 5) is 12.5. The van der Waals surface area contributed by atoms with Crippen molar-refractivity contribution in [3.05, 3.63) is 59.3 Å². The molecule has 0 bridgehead atoms. The van der Waals surface area contributed by atoms with Gasteiger partial charge in [0.1, 0.15) is 0 Å². The van der Waals surface area contributed by atoms with Gasteiger partial charge in [-0.05, 0) is 47.9 Å². The van der Waals surface area contributed by atoms with E-state index in [-0.39, 0.29) is 22.5 Å². The Morgan fingerprint density at radius 2 is 1.96 bits per heavy atom. The van der Waals surface area contributed by atoms with Crippen LogP contribution in [0.15, 0.2) is 59.3 Å². The van der Waals surface area contributed by atoms with Crippen LogP contribution in [0, 0.1) is 0 Å². The first kappa shape index (κ1) is 18.3. The van der Waals surface area contributed by atoms with Gasteiger partial charge in [0, 0.05) is 12.2 Å². The number of benzene rings is 1. The highest BCUT2D eigenvalue weighted by atomic mass is 32.2. The highest BCUT2D eigenvalue weighted by Crippen LogP contribution is 2.14. The number of carbonyl (C=O) groups is 1. The summed E-state index contributed by atoms with van der Waals surface area (Å²) in [5.41, 5.74) is 0.564. The molecule has 1 heterocycles. The predicted octanol–water partition coefficient (Wildman–Crippen LogP) is 2.34. The van der Waals surface area contributed by atoms with Crippen LogP contribution in [-0.2, 0) is 10.0 Å². The van der Waals surface area contributed by atoms with E-state index in [0.29, 0.717) is 10.6 Å². The van der Waals surface area contributed by atoms with Gasteiger partial charge in [-0.3, -0.25) is 10.1 Å². The summed E-state index contributed by atoms with van der Waals surface area (Å²) in [5.74, 6) is -0.296. The maximum absolute atomic E-state index is 11.9. The molecule has 0 atom stereocenters. The Hall–Kier alpha value is -2.07. The van der Waals surface area contributed by atoms with Gasteiger partial charge in [0.05, 0.1) is 9.77 Å². The van der Waals surface area contributed by atoms with E-state index in [4.69, 9.17) is 12.2 Å². The van der Waals surface area contributed by atoms with Crippen LogP contribution in [0.5, 0.6) is 0 Å². The largest absolute Gasteiger partial charge is 0.332 e. The van der Waals surface area contributed by atoms with Gasteiger partial charge in [-0.25, -0.2) is 13.1 Å². The maximum Gasteiger partial charge on any atom is 0.267 e. The van der Waals surface area contributed by atoms with Crippen LogP contribution < -0.4 is 15.4 Å². The number of anilines is 1. The van der Waals surface area contributed by atoms with Crippen LogP contribution in [0.2, 0.25) is 0 Å². The maximum atomic E-state index is 11.9. The van der Waals surface area contributed by atoms with Crippen molar-refractivity contribution in [2.24, 2.45) is 0 Å². The molecule has 3 N–H and O–H groups in total. The Bertz CT molecular complexity index is 829. The van der Waals surface area contributed by atoms with Crippen LogP contribution in [0.4, 0.5) is 5.69 Å². The molecule has 24 heavy (non-hydrogen) atoms. The minimum atomic E-state index is -3.57. The molecule has 0 saturated carbocycles. The summed E-state index contributed by atoms with van der Waals surface area (Å²) in [7, 11) is -3.57. The second-order valence-corrected chi connectivity index (χ2v) is 7.67. The first-order valence-corrected chi connectivity index (χ1v) is 9.56. The van der Waals surface area contributed by atoms with Gasteiger partial charge in [0.2, 0.25) is 10.0 Å².